The Morgan fingerprint density at radius 2 is 2.33 bits per heavy atom. The fraction of sp³-hybridized carbons (Fsp3) is 1.00. The Labute approximate surface area is 58.3 Å². The number of rotatable bonds is 0. The number of hydrogen-bond acceptors (Lipinski definition) is 1. The van der Waals surface area contributed by atoms with E-state index in [1.54, 1.807) is 0 Å². The van der Waals surface area contributed by atoms with Gasteiger partial charge in [-0.3, -0.25) is 0 Å². The van der Waals surface area contributed by atoms with Gasteiger partial charge in [-0.05, 0) is 0 Å². The van der Waals surface area contributed by atoms with Crippen molar-refractivity contribution in [1.82, 2.24) is 0 Å². The average molecular weight is 248 g/mol. The van der Waals surface area contributed by atoms with E-state index in [0.29, 0.717) is 0 Å². The zero-order chi connectivity index (χ0) is 4.20. The molecule has 0 spiro atoms. The van der Waals surface area contributed by atoms with E-state index in [1.165, 1.54) is 4.41 Å². The summed E-state index contributed by atoms with van der Waals surface area (Å²) in [7, 11) is 4.49. The molecule has 2 heterocycles. The van der Waals surface area contributed by atoms with E-state index >= 15 is 0 Å². The molecule has 0 bridgehead atoms. The van der Waals surface area contributed by atoms with E-state index in [0.717, 1.165) is 3.91 Å². The van der Waals surface area contributed by atoms with Crippen LogP contribution in [0.5, 0.6) is 0 Å². The molecule has 0 aromatic heterocycles. The van der Waals surface area contributed by atoms with Crippen LogP contribution >= 0.6 is 50.5 Å². The van der Waals surface area contributed by atoms with Crippen molar-refractivity contribution in [2.75, 3.05) is 0 Å². The molecular formula is CH2BIS3. The summed E-state index contributed by atoms with van der Waals surface area (Å²) in [6.45, 7) is 0. The molecule has 0 aromatic carbocycles. The Morgan fingerprint density at radius 3 is 2.33 bits per heavy atom. The first-order valence-electron chi connectivity index (χ1n) is 1.60. The van der Waals surface area contributed by atoms with Gasteiger partial charge in [0, 0.05) is 0 Å². The monoisotopic (exact) mass is 248 g/mol. The maximum absolute atomic E-state index is 2.49. The second-order valence-corrected chi connectivity index (χ2v) is 12.7. The summed E-state index contributed by atoms with van der Waals surface area (Å²) in [4.78, 5) is 0. The predicted molar refractivity (Wildman–Crippen MR) is 47.7 cm³/mol. The van der Waals surface area contributed by atoms with Gasteiger partial charge in [-0.2, -0.15) is 0 Å². The molecule has 6 heavy (non-hydrogen) atoms. The van der Waals surface area contributed by atoms with E-state index in [2.05, 4.69) is 43.3 Å². The van der Waals surface area contributed by atoms with E-state index < -0.39 is 0 Å². The van der Waals surface area contributed by atoms with E-state index in [1.807, 2.05) is 0 Å². The zero-order valence-corrected chi connectivity index (χ0v) is 7.49. The third kappa shape index (κ3) is 0.455. The molecule has 0 aliphatic carbocycles. The molecule has 0 radical (unpaired) electrons. The normalized spacial score (nSPS) is 58.5. The van der Waals surface area contributed by atoms with Crippen LogP contribution in [0.1, 0.15) is 0 Å². The molecule has 1 fully saturated rings. The summed E-state index contributed by atoms with van der Waals surface area (Å²) >= 11 is 2.49. The summed E-state index contributed by atoms with van der Waals surface area (Å²) < 4.78 is 2.56. The Kier molecular flexibility index (Phi) is 0.890. The van der Waals surface area contributed by atoms with Crippen molar-refractivity contribution < 1.29 is 0 Å². The van der Waals surface area contributed by atoms with Crippen molar-refractivity contribution in [3.05, 3.63) is 0 Å². The second-order valence-electron chi connectivity index (χ2n) is 1.25. The molecule has 0 saturated carbocycles. The van der Waals surface area contributed by atoms with Gasteiger partial charge in [0.05, 0.1) is 0 Å². The van der Waals surface area contributed by atoms with Crippen LogP contribution in [-0.2, 0) is 0 Å². The molecular weight excluding hydrogens is 246 g/mol. The minimum atomic E-state index is 0.0746. The van der Waals surface area contributed by atoms with E-state index in [9.17, 15) is 0 Å². The molecule has 2 aliphatic rings. The predicted octanol–water partition coefficient (Wildman–Crippen LogP) is 2.10. The highest BCUT2D eigenvalue weighted by Gasteiger charge is 2.51. The van der Waals surface area contributed by atoms with Gasteiger partial charge in [0.25, 0.3) is 4.41 Å². The first kappa shape index (κ1) is 4.58. The summed E-state index contributed by atoms with van der Waals surface area (Å²) in [5.41, 5.74) is 0. The van der Waals surface area contributed by atoms with Gasteiger partial charge in [0.1, 0.15) is 3.91 Å². The van der Waals surface area contributed by atoms with Crippen LogP contribution in [0.2, 0.25) is 0 Å². The third-order valence-corrected chi connectivity index (χ3v) is 17.2. The topological polar surface area (TPSA) is 0 Å². The van der Waals surface area contributed by atoms with Crippen LogP contribution < -0.4 is 0 Å². The van der Waals surface area contributed by atoms with Crippen molar-refractivity contribution in [3.8, 4) is 0 Å². The van der Waals surface area contributed by atoms with Crippen LogP contribution in [0.15, 0.2) is 0 Å². The van der Waals surface area contributed by atoms with E-state index in [4.69, 9.17) is 0 Å². The van der Waals surface area contributed by atoms with Crippen molar-refractivity contribution in [3.63, 3.8) is 0 Å². The molecule has 0 nitrogen and oxygen atoms in total. The lowest BCUT2D eigenvalue weighted by Gasteiger charge is -1.70. The first-order chi connectivity index (χ1) is 2.87. The van der Waals surface area contributed by atoms with Gasteiger partial charge in [0.2, 0.25) is 0 Å². The standard InChI is InChI=1S/CH2BIS3/c3-2-6-1(4-6)5-6/h1-2H. The van der Waals surface area contributed by atoms with E-state index in [-0.39, 0.29) is 7.25 Å². The Bertz CT molecular complexity index is 195. The summed E-state index contributed by atoms with van der Waals surface area (Å²) in [6.07, 6.45) is 0. The molecule has 1 saturated heterocycles. The molecule has 5 heteroatoms. The van der Waals surface area contributed by atoms with Crippen LogP contribution in [0, 0.1) is 0 Å². The quantitative estimate of drug-likeness (QED) is 0.274. The van der Waals surface area contributed by atoms with Crippen LogP contribution in [0.4, 0.5) is 0 Å². The minimum Gasteiger partial charge on any atom is -0.138 e. The van der Waals surface area contributed by atoms with Crippen molar-refractivity contribution in [2.24, 2.45) is 0 Å². The zero-order valence-electron chi connectivity index (χ0n) is 2.89. The molecule has 34 valence electrons. The molecule has 2 atom stereocenters. The van der Waals surface area contributed by atoms with Crippen LogP contribution in [0.3, 0.4) is 0 Å². The minimum absolute atomic E-state index is 0.0746. The lowest BCUT2D eigenvalue weighted by Crippen LogP contribution is -1.52. The average Bonchev–Trinajstić information content (AvgIpc) is 2.12. The highest BCUT2D eigenvalue weighted by atomic mass is 127. The molecule has 0 amide bonds. The van der Waals surface area contributed by atoms with Gasteiger partial charge in [-0.15, -0.1) is 39.7 Å². The summed E-state index contributed by atoms with van der Waals surface area (Å²) in [5, 5.41) is 0. The summed E-state index contributed by atoms with van der Waals surface area (Å²) in [5.74, 6) is 0. The Balaban J connectivity index is 2.35. The maximum atomic E-state index is 2.49. The van der Waals surface area contributed by atoms with Gasteiger partial charge in [0.15, 0.2) is 0 Å². The van der Waals surface area contributed by atoms with Crippen molar-refractivity contribution in [1.29, 1.82) is 0 Å². The van der Waals surface area contributed by atoms with Gasteiger partial charge in [-0.1, -0.05) is 10.8 Å². The van der Waals surface area contributed by atoms with Crippen molar-refractivity contribution in [2.45, 2.75) is 3.91 Å². The molecule has 0 aromatic rings. The second kappa shape index (κ2) is 1.17. The summed E-state index contributed by atoms with van der Waals surface area (Å²) in [6, 6.07) is 0. The number of hydrogen-bond donors (Lipinski definition) is 0. The highest BCUT2D eigenvalue weighted by molar-refractivity contribution is 14.1. The lowest BCUT2D eigenvalue weighted by molar-refractivity contribution is 2.25. The molecule has 0 N–H and O–H groups in total. The fourth-order valence-electron chi connectivity index (χ4n) is 0.331. The van der Waals surface area contributed by atoms with Crippen LogP contribution in [-0.4, -0.2) is 8.33 Å². The fourth-order valence-corrected chi connectivity index (χ4v) is 14.1. The first-order valence-corrected chi connectivity index (χ1v) is 7.78. The number of halogens is 1. The smallest absolute Gasteiger partial charge is 0.138 e. The van der Waals surface area contributed by atoms with Gasteiger partial charge >= 0.3 is 0 Å². The Hall–Kier alpha value is 1.71. The largest absolute Gasteiger partial charge is 0.275 e. The maximum Gasteiger partial charge on any atom is 0.275 e. The SMILES string of the molecule is IBS12#SC1S2. The molecule has 2 aliphatic heterocycles. The van der Waals surface area contributed by atoms with Gasteiger partial charge in [-0.25, -0.2) is 0 Å². The van der Waals surface area contributed by atoms with Crippen molar-refractivity contribution >= 4 is 54.9 Å². The molecule has 2 rings (SSSR count). The Morgan fingerprint density at radius 1 is 1.83 bits per heavy atom. The number of fused-ring (bicyclic) bond motifs is 1. The molecule has 2 unspecified atom stereocenters. The van der Waals surface area contributed by atoms with Crippen LogP contribution in [0.25, 0.3) is 0 Å². The van der Waals surface area contributed by atoms with Gasteiger partial charge < -0.3 is 0 Å². The lowest BCUT2D eigenvalue weighted by atomic mass is 10.8. The highest BCUT2D eigenvalue weighted by Crippen LogP contribution is 2.90. The third-order valence-electron chi connectivity index (χ3n) is 0.852.